The van der Waals surface area contributed by atoms with E-state index >= 15 is 0 Å². The van der Waals surface area contributed by atoms with E-state index in [9.17, 15) is 9.59 Å². The van der Waals surface area contributed by atoms with Gasteiger partial charge in [-0.15, -0.1) is 0 Å². The highest BCUT2D eigenvalue weighted by Crippen LogP contribution is 2.34. The van der Waals surface area contributed by atoms with Crippen LogP contribution in [0.15, 0.2) is 75.7 Å². The molecule has 0 saturated carbocycles. The van der Waals surface area contributed by atoms with E-state index in [1.807, 2.05) is 67.5 Å². The predicted octanol–water partition coefficient (Wildman–Crippen LogP) is 4.95. The van der Waals surface area contributed by atoms with Gasteiger partial charge in [0.05, 0.1) is 5.56 Å². The summed E-state index contributed by atoms with van der Waals surface area (Å²) in [7, 11) is 3.92. The predicted molar refractivity (Wildman–Crippen MR) is 135 cm³/mol. The summed E-state index contributed by atoms with van der Waals surface area (Å²) >= 11 is 6.78. The SMILES string of the molecule is CN(C)c1ccc(C2Nc3ccc(Br)cc3C(=O)N2NC(=O)COc2ccc(Br)cc2)cc1. The number of amides is 2. The van der Waals surface area contributed by atoms with E-state index in [2.05, 4.69) is 42.6 Å². The third-order valence-electron chi connectivity index (χ3n) is 5.14. The highest BCUT2D eigenvalue weighted by Gasteiger charge is 2.34. The van der Waals surface area contributed by atoms with E-state index < -0.39 is 12.1 Å². The van der Waals surface area contributed by atoms with Gasteiger partial charge >= 0.3 is 0 Å². The number of benzene rings is 3. The molecule has 1 aliphatic rings. The molecule has 1 heterocycles. The lowest BCUT2D eigenvalue weighted by molar-refractivity contribution is -0.127. The highest BCUT2D eigenvalue weighted by molar-refractivity contribution is 9.10. The van der Waals surface area contributed by atoms with Gasteiger partial charge in [0.2, 0.25) is 0 Å². The minimum Gasteiger partial charge on any atom is -0.484 e. The molecular formula is C24H22Br2N4O3. The molecule has 1 atom stereocenters. The second kappa shape index (κ2) is 9.84. The molecule has 3 aromatic rings. The van der Waals surface area contributed by atoms with Gasteiger partial charge in [0.1, 0.15) is 11.9 Å². The van der Waals surface area contributed by atoms with E-state index in [-0.39, 0.29) is 12.5 Å². The van der Waals surface area contributed by atoms with Gasteiger partial charge in [-0.2, -0.15) is 0 Å². The van der Waals surface area contributed by atoms with Gasteiger partial charge in [-0.1, -0.05) is 44.0 Å². The first-order valence-corrected chi connectivity index (χ1v) is 11.8. The topological polar surface area (TPSA) is 73.9 Å². The standard InChI is InChI=1S/C24H22Br2N4O3/c1-29(2)18-8-3-15(4-9-18)23-27-21-12-7-17(26)13-20(21)24(32)30(23)28-22(31)14-33-19-10-5-16(25)6-11-19/h3-13,23,27H,14H2,1-2H3,(H,28,31). The molecule has 4 rings (SSSR count). The van der Waals surface area contributed by atoms with Crippen molar-refractivity contribution in [3.05, 3.63) is 86.8 Å². The fourth-order valence-corrected chi connectivity index (χ4v) is 4.05. The Morgan fingerprint density at radius 3 is 2.36 bits per heavy atom. The van der Waals surface area contributed by atoms with Crippen LogP contribution in [-0.2, 0) is 4.79 Å². The molecule has 2 N–H and O–H groups in total. The van der Waals surface area contributed by atoms with Crippen LogP contribution in [0.5, 0.6) is 5.75 Å². The quantitative estimate of drug-likeness (QED) is 0.436. The Bertz CT molecular complexity index is 1170. The zero-order valence-electron chi connectivity index (χ0n) is 18.0. The lowest BCUT2D eigenvalue weighted by Crippen LogP contribution is -2.53. The summed E-state index contributed by atoms with van der Waals surface area (Å²) in [6.45, 7) is -0.233. The molecular weight excluding hydrogens is 552 g/mol. The third-order valence-corrected chi connectivity index (χ3v) is 6.16. The Hall–Kier alpha value is -3.04. The number of ether oxygens (including phenoxy) is 1. The lowest BCUT2D eigenvalue weighted by Gasteiger charge is -2.38. The number of nitrogens with zero attached hydrogens (tertiary/aromatic N) is 2. The number of hydrogen-bond acceptors (Lipinski definition) is 5. The van der Waals surface area contributed by atoms with Crippen molar-refractivity contribution in [3.63, 3.8) is 0 Å². The van der Waals surface area contributed by atoms with E-state index in [4.69, 9.17) is 4.74 Å². The molecule has 9 heteroatoms. The first-order valence-electron chi connectivity index (χ1n) is 10.2. The third kappa shape index (κ3) is 5.31. The van der Waals surface area contributed by atoms with Crippen LogP contribution in [0.25, 0.3) is 0 Å². The maximum atomic E-state index is 13.4. The molecule has 1 unspecified atom stereocenters. The Balaban J connectivity index is 1.57. The number of anilines is 2. The minimum atomic E-state index is -0.584. The summed E-state index contributed by atoms with van der Waals surface area (Å²) in [5, 5.41) is 4.68. The smallest absolute Gasteiger partial charge is 0.276 e. The van der Waals surface area contributed by atoms with Gasteiger partial charge in [-0.3, -0.25) is 15.0 Å². The van der Waals surface area contributed by atoms with E-state index in [1.54, 1.807) is 18.2 Å². The molecule has 2 amide bonds. The monoisotopic (exact) mass is 572 g/mol. The zero-order valence-corrected chi connectivity index (χ0v) is 21.2. The van der Waals surface area contributed by atoms with Crippen molar-refractivity contribution in [2.45, 2.75) is 6.17 Å². The van der Waals surface area contributed by atoms with Gasteiger partial charge in [-0.05, 0) is 60.2 Å². The van der Waals surface area contributed by atoms with Gasteiger partial charge in [0.25, 0.3) is 11.8 Å². The molecule has 170 valence electrons. The number of rotatable bonds is 6. The molecule has 33 heavy (non-hydrogen) atoms. The maximum Gasteiger partial charge on any atom is 0.276 e. The zero-order chi connectivity index (χ0) is 23.5. The second-order valence-electron chi connectivity index (χ2n) is 7.68. The van der Waals surface area contributed by atoms with Crippen LogP contribution in [0.2, 0.25) is 0 Å². The molecule has 7 nitrogen and oxygen atoms in total. The highest BCUT2D eigenvalue weighted by atomic mass is 79.9. The fraction of sp³-hybridized carbons (Fsp3) is 0.167. The van der Waals surface area contributed by atoms with Gasteiger partial charge < -0.3 is 15.0 Å². The lowest BCUT2D eigenvalue weighted by atomic mass is 10.0. The van der Waals surface area contributed by atoms with Gasteiger partial charge in [0.15, 0.2) is 6.61 Å². The average Bonchev–Trinajstić information content (AvgIpc) is 2.81. The van der Waals surface area contributed by atoms with Crippen molar-refractivity contribution in [3.8, 4) is 5.75 Å². The summed E-state index contributed by atoms with van der Waals surface area (Å²) in [5.74, 6) is -0.202. The van der Waals surface area contributed by atoms with Crippen molar-refractivity contribution >= 4 is 55.0 Å². The number of hydrazine groups is 1. The average molecular weight is 574 g/mol. The van der Waals surface area contributed by atoms with Gasteiger partial charge in [0, 0.05) is 34.4 Å². The molecule has 3 aromatic carbocycles. The van der Waals surface area contributed by atoms with Crippen LogP contribution in [0, 0.1) is 0 Å². The minimum absolute atomic E-state index is 0.233. The van der Waals surface area contributed by atoms with Crippen LogP contribution in [0.1, 0.15) is 22.1 Å². The number of carbonyl (C=O) groups is 2. The van der Waals surface area contributed by atoms with Crippen molar-refractivity contribution in [1.82, 2.24) is 10.4 Å². The van der Waals surface area contributed by atoms with Crippen LogP contribution in [0.3, 0.4) is 0 Å². The van der Waals surface area contributed by atoms with Crippen molar-refractivity contribution in [2.24, 2.45) is 0 Å². The molecule has 1 aliphatic heterocycles. The second-order valence-corrected chi connectivity index (χ2v) is 9.51. The molecule has 0 radical (unpaired) electrons. The largest absolute Gasteiger partial charge is 0.484 e. The molecule has 0 bridgehead atoms. The van der Waals surface area contributed by atoms with E-state index in [1.165, 1.54) is 5.01 Å². The number of fused-ring (bicyclic) bond motifs is 1. The first-order chi connectivity index (χ1) is 15.8. The summed E-state index contributed by atoms with van der Waals surface area (Å²) in [6.07, 6.45) is -0.584. The summed E-state index contributed by atoms with van der Waals surface area (Å²) in [4.78, 5) is 28.1. The maximum absolute atomic E-state index is 13.4. The van der Waals surface area contributed by atoms with Crippen LogP contribution >= 0.6 is 31.9 Å². The molecule has 0 fully saturated rings. The fourth-order valence-electron chi connectivity index (χ4n) is 3.43. The number of nitrogens with one attached hydrogen (secondary N) is 2. The number of hydrogen-bond donors (Lipinski definition) is 2. The normalized spacial score (nSPS) is 14.8. The Morgan fingerprint density at radius 1 is 1.03 bits per heavy atom. The van der Waals surface area contributed by atoms with E-state index in [0.717, 1.165) is 20.2 Å². The van der Waals surface area contributed by atoms with Crippen molar-refractivity contribution in [2.75, 3.05) is 30.9 Å². The summed E-state index contributed by atoms with van der Waals surface area (Å²) < 4.78 is 7.25. The van der Waals surface area contributed by atoms with Crippen LogP contribution < -0.4 is 20.4 Å². The summed E-state index contributed by atoms with van der Waals surface area (Å²) in [5.41, 5.74) is 5.73. The van der Waals surface area contributed by atoms with Crippen molar-refractivity contribution < 1.29 is 14.3 Å². The number of halogens is 2. The Labute approximate surface area is 208 Å². The van der Waals surface area contributed by atoms with Crippen LogP contribution in [0.4, 0.5) is 11.4 Å². The molecule has 0 aromatic heterocycles. The van der Waals surface area contributed by atoms with E-state index in [0.29, 0.717) is 17.0 Å². The Morgan fingerprint density at radius 2 is 1.70 bits per heavy atom. The molecule has 0 spiro atoms. The molecule has 0 aliphatic carbocycles. The Kier molecular flexibility index (Phi) is 6.90. The van der Waals surface area contributed by atoms with Crippen molar-refractivity contribution in [1.29, 1.82) is 0 Å². The first kappa shape index (κ1) is 23.1. The number of carbonyl (C=O) groups excluding carboxylic acids is 2. The summed E-state index contributed by atoms with van der Waals surface area (Å²) in [6, 6.07) is 20.4. The van der Waals surface area contributed by atoms with Crippen LogP contribution in [-0.4, -0.2) is 37.5 Å². The van der Waals surface area contributed by atoms with Gasteiger partial charge in [-0.25, -0.2) is 5.01 Å². The molecule has 0 saturated heterocycles.